The second-order valence-corrected chi connectivity index (χ2v) is 5.19. The molecular weight excluding hydrogens is 248 g/mol. The number of rotatable bonds is 6. The van der Waals surface area contributed by atoms with E-state index in [9.17, 15) is 13.5 Å². The van der Waals surface area contributed by atoms with Crippen molar-refractivity contribution in [3.8, 4) is 0 Å². The zero-order valence-electron chi connectivity index (χ0n) is 9.62. The predicted molar refractivity (Wildman–Crippen MR) is 60.7 cm³/mol. The van der Waals surface area contributed by atoms with Crippen LogP contribution in [0.1, 0.15) is 0 Å². The molecule has 9 heteroatoms. The van der Waals surface area contributed by atoms with Crippen LogP contribution in [-0.4, -0.2) is 49.4 Å². The number of aliphatic hydroxyl groups excluding tert-OH is 1. The Labute approximate surface area is 99.5 Å². The number of aryl methyl sites for hydroxylation is 1. The Morgan fingerprint density at radius 1 is 1.71 bits per heavy atom. The minimum Gasteiger partial charge on any atom is -0.389 e. The van der Waals surface area contributed by atoms with Crippen LogP contribution in [0.4, 0.5) is 5.82 Å². The van der Waals surface area contributed by atoms with Crippen molar-refractivity contribution in [2.45, 2.75) is 11.1 Å². The van der Waals surface area contributed by atoms with E-state index in [1.807, 2.05) is 0 Å². The number of ether oxygens (including phenoxy) is 1. The molecule has 0 saturated carbocycles. The Hall–Kier alpha value is -1.16. The molecule has 98 valence electrons. The number of methoxy groups -OCH3 is 1. The van der Waals surface area contributed by atoms with E-state index in [-0.39, 0.29) is 24.0 Å². The SMILES string of the molecule is COCC(O)CNS(=O)(=O)c1c(N)ncn1C. The van der Waals surface area contributed by atoms with Crippen molar-refractivity contribution in [3.63, 3.8) is 0 Å². The number of aromatic nitrogens is 2. The second kappa shape index (κ2) is 5.45. The van der Waals surface area contributed by atoms with Crippen molar-refractivity contribution >= 4 is 15.8 Å². The van der Waals surface area contributed by atoms with Crippen molar-refractivity contribution < 1.29 is 18.3 Å². The van der Waals surface area contributed by atoms with Gasteiger partial charge in [0.2, 0.25) is 0 Å². The van der Waals surface area contributed by atoms with E-state index < -0.39 is 16.1 Å². The molecule has 0 aliphatic heterocycles. The molecule has 0 aliphatic carbocycles. The van der Waals surface area contributed by atoms with Gasteiger partial charge in [-0.05, 0) is 0 Å². The third-order valence-electron chi connectivity index (χ3n) is 2.03. The van der Waals surface area contributed by atoms with Gasteiger partial charge in [0.05, 0.1) is 19.0 Å². The minimum atomic E-state index is -3.78. The van der Waals surface area contributed by atoms with E-state index in [1.54, 1.807) is 0 Å². The van der Waals surface area contributed by atoms with E-state index in [1.165, 1.54) is 25.1 Å². The molecule has 1 aromatic heterocycles. The maximum absolute atomic E-state index is 11.8. The fraction of sp³-hybridized carbons (Fsp3) is 0.625. The Balaban J connectivity index is 2.76. The molecule has 0 aromatic carbocycles. The quantitative estimate of drug-likeness (QED) is 0.562. The number of aliphatic hydroxyl groups is 1. The van der Waals surface area contributed by atoms with Gasteiger partial charge in [-0.2, -0.15) is 0 Å². The first-order chi connectivity index (χ1) is 7.88. The lowest BCUT2D eigenvalue weighted by molar-refractivity contribution is 0.0679. The summed E-state index contributed by atoms with van der Waals surface area (Å²) in [5.41, 5.74) is 5.45. The van der Waals surface area contributed by atoms with Crippen molar-refractivity contribution in [3.05, 3.63) is 6.33 Å². The van der Waals surface area contributed by atoms with E-state index >= 15 is 0 Å². The van der Waals surface area contributed by atoms with Gasteiger partial charge in [0.25, 0.3) is 10.0 Å². The minimum absolute atomic E-state index is 0.0450. The molecule has 0 bridgehead atoms. The molecule has 8 nitrogen and oxygen atoms in total. The first-order valence-corrected chi connectivity index (χ1v) is 6.30. The van der Waals surface area contributed by atoms with Gasteiger partial charge in [-0.3, -0.25) is 0 Å². The zero-order valence-corrected chi connectivity index (χ0v) is 10.4. The first-order valence-electron chi connectivity index (χ1n) is 4.82. The molecule has 0 radical (unpaired) electrons. The predicted octanol–water partition coefficient (Wildman–Crippen LogP) is -1.71. The number of hydrogen-bond donors (Lipinski definition) is 3. The van der Waals surface area contributed by atoms with Gasteiger partial charge in [0, 0.05) is 20.7 Å². The topological polar surface area (TPSA) is 119 Å². The Morgan fingerprint density at radius 2 is 2.35 bits per heavy atom. The summed E-state index contributed by atoms with van der Waals surface area (Å²) in [6.07, 6.45) is 0.388. The van der Waals surface area contributed by atoms with Crippen LogP contribution >= 0.6 is 0 Å². The average molecular weight is 264 g/mol. The van der Waals surface area contributed by atoms with Crippen LogP contribution in [0.25, 0.3) is 0 Å². The maximum Gasteiger partial charge on any atom is 0.260 e. The van der Waals surface area contributed by atoms with Crippen LogP contribution < -0.4 is 10.5 Å². The number of anilines is 1. The van der Waals surface area contributed by atoms with Gasteiger partial charge >= 0.3 is 0 Å². The molecule has 1 heterocycles. The number of nitrogens with two attached hydrogens (primary N) is 1. The molecule has 0 fully saturated rings. The summed E-state index contributed by atoms with van der Waals surface area (Å²) < 4.78 is 31.9. The smallest absolute Gasteiger partial charge is 0.260 e. The zero-order chi connectivity index (χ0) is 13.1. The van der Waals surface area contributed by atoms with Gasteiger partial charge in [-0.25, -0.2) is 18.1 Å². The fourth-order valence-corrected chi connectivity index (χ4v) is 2.59. The summed E-state index contributed by atoms with van der Waals surface area (Å²) in [4.78, 5) is 3.68. The first kappa shape index (κ1) is 13.9. The number of nitrogens with one attached hydrogen (secondary N) is 1. The Bertz CT molecular complexity index is 450. The molecule has 1 aromatic rings. The molecule has 17 heavy (non-hydrogen) atoms. The Kier molecular flexibility index (Phi) is 4.46. The fourth-order valence-electron chi connectivity index (χ4n) is 1.29. The van der Waals surface area contributed by atoms with Crippen LogP contribution in [0, 0.1) is 0 Å². The van der Waals surface area contributed by atoms with E-state index in [0.717, 1.165) is 0 Å². The third-order valence-corrected chi connectivity index (χ3v) is 3.58. The molecule has 1 atom stereocenters. The number of imidazole rings is 1. The highest BCUT2D eigenvalue weighted by molar-refractivity contribution is 7.89. The number of hydrogen-bond acceptors (Lipinski definition) is 6. The summed E-state index contributed by atoms with van der Waals surface area (Å²) in [7, 11) is -0.851. The van der Waals surface area contributed by atoms with Gasteiger partial charge in [0.1, 0.15) is 0 Å². The third kappa shape index (κ3) is 3.40. The summed E-state index contributed by atoms with van der Waals surface area (Å²) in [6, 6.07) is 0. The number of nitrogen functional groups attached to an aromatic ring is 1. The lowest BCUT2D eigenvalue weighted by atomic mass is 10.4. The average Bonchev–Trinajstić information content (AvgIpc) is 2.57. The Morgan fingerprint density at radius 3 is 2.82 bits per heavy atom. The molecule has 1 rings (SSSR count). The van der Waals surface area contributed by atoms with Crippen molar-refractivity contribution in [1.82, 2.24) is 14.3 Å². The molecule has 0 saturated heterocycles. The van der Waals surface area contributed by atoms with Crippen LogP contribution in [-0.2, 0) is 21.8 Å². The summed E-state index contributed by atoms with van der Waals surface area (Å²) in [5.74, 6) is -0.0822. The van der Waals surface area contributed by atoms with Crippen molar-refractivity contribution in [2.24, 2.45) is 7.05 Å². The highest BCUT2D eigenvalue weighted by Crippen LogP contribution is 2.14. The van der Waals surface area contributed by atoms with Gasteiger partial charge in [-0.1, -0.05) is 0 Å². The largest absolute Gasteiger partial charge is 0.389 e. The molecule has 4 N–H and O–H groups in total. The number of nitrogens with zero attached hydrogens (tertiary/aromatic N) is 2. The van der Waals surface area contributed by atoms with Crippen molar-refractivity contribution in [2.75, 3.05) is 26.0 Å². The standard InChI is InChI=1S/C8H16N4O4S/c1-12-5-10-7(9)8(12)17(14,15)11-3-6(13)4-16-2/h5-6,11,13H,3-4,9H2,1-2H3. The number of sulfonamides is 1. The lowest BCUT2D eigenvalue weighted by Crippen LogP contribution is -2.35. The molecular formula is C8H16N4O4S. The van der Waals surface area contributed by atoms with Gasteiger partial charge in [-0.15, -0.1) is 0 Å². The summed E-state index contributed by atoms with van der Waals surface area (Å²) in [6.45, 7) is -0.107. The van der Waals surface area contributed by atoms with Crippen LogP contribution in [0.3, 0.4) is 0 Å². The van der Waals surface area contributed by atoms with Crippen molar-refractivity contribution in [1.29, 1.82) is 0 Å². The second-order valence-electron chi connectivity index (χ2n) is 3.51. The molecule has 0 spiro atoms. The highest BCUT2D eigenvalue weighted by atomic mass is 32.2. The van der Waals surface area contributed by atoms with E-state index in [2.05, 4.69) is 14.4 Å². The molecule has 1 unspecified atom stereocenters. The lowest BCUT2D eigenvalue weighted by Gasteiger charge is -2.11. The van der Waals surface area contributed by atoms with E-state index in [0.29, 0.717) is 0 Å². The summed E-state index contributed by atoms with van der Waals surface area (Å²) in [5, 5.41) is 9.22. The van der Waals surface area contributed by atoms with Gasteiger partial charge in [0.15, 0.2) is 10.8 Å². The summed E-state index contributed by atoms with van der Waals surface area (Å²) >= 11 is 0. The molecule has 0 aliphatic rings. The highest BCUT2D eigenvalue weighted by Gasteiger charge is 2.22. The monoisotopic (exact) mass is 264 g/mol. The van der Waals surface area contributed by atoms with Crippen LogP contribution in [0.2, 0.25) is 0 Å². The maximum atomic E-state index is 11.8. The normalized spacial score (nSPS) is 13.8. The van der Waals surface area contributed by atoms with Crippen LogP contribution in [0.5, 0.6) is 0 Å². The van der Waals surface area contributed by atoms with E-state index in [4.69, 9.17) is 5.73 Å². The van der Waals surface area contributed by atoms with Gasteiger partial charge < -0.3 is 20.1 Å². The van der Waals surface area contributed by atoms with Crippen LogP contribution in [0.15, 0.2) is 11.4 Å². The molecule has 0 amide bonds.